The van der Waals surface area contributed by atoms with Gasteiger partial charge in [-0.1, -0.05) is 17.4 Å². The van der Waals surface area contributed by atoms with Crippen LogP contribution >= 0.6 is 11.3 Å². The molecule has 3 rings (SSSR count). The van der Waals surface area contributed by atoms with Crippen LogP contribution in [0.15, 0.2) is 18.2 Å². The fourth-order valence-corrected chi connectivity index (χ4v) is 4.55. The first kappa shape index (κ1) is 18.2. The number of pyridine rings is 1. The zero-order valence-corrected chi connectivity index (χ0v) is 16.1. The fourth-order valence-electron chi connectivity index (χ4n) is 2.82. The first-order valence-corrected chi connectivity index (χ1v) is 10.3. The van der Waals surface area contributed by atoms with E-state index in [1.54, 1.807) is 14.1 Å². The molecular weight excluding hydrogens is 360 g/mol. The number of hydrogen-bond donors (Lipinski definition) is 1. The zero-order chi connectivity index (χ0) is 18.0. The molecule has 0 saturated carbocycles. The number of nitrogens with zero attached hydrogens (tertiary/aromatic N) is 5. The number of rotatable bonds is 5. The smallest absolute Gasteiger partial charge is 0.281 e. The van der Waals surface area contributed by atoms with Crippen molar-refractivity contribution in [3.63, 3.8) is 0 Å². The number of aryl methyl sites for hydroxylation is 1. The lowest BCUT2D eigenvalue weighted by Crippen LogP contribution is -2.44. The Kier molecular flexibility index (Phi) is 5.32. The molecule has 10 heteroatoms. The first-order chi connectivity index (χ1) is 11.9. The number of aromatic nitrogens is 3. The number of hydrogen-bond acceptors (Lipinski definition) is 7. The zero-order valence-electron chi connectivity index (χ0n) is 14.5. The minimum Gasteiger partial charge on any atom is -0.315 e. The maximum absolute atomic E-state index is 12.2. The first-order valence-electron chi connectivity index (χ1n) is 8.08. The van der Waals surface area contributed by atoms with Gasteiger partial charge in [0.15, 0.2) is 0 Å². The minimum absolute atomic E-state index is 0.256. The van der Waals surface area contributed by atoms with E-state index in [2.05, 4.69) is 20.5 Å². The van der Waals surface area contributed by atoms with Gasteiger partial charge in [-0.05, 0) is 31.9 Å². The van der Waals surface area contributed by atoms with Crippen molar-refractivity contribution in [2.75, 3.05) is 32.5 Å². The van der Waals surface area contributed by atoms with Crippen molar-refractivity contribution < 1.29 is 8.42 Å². The van der Waals surface area contributed by atoms with Gasteiger partial charge in [0.2, 0.25) is 5.13 Å². The van der Waals surface area contributed by atoms with E-state index in [1.807, 2.05) is 25.1 Å². The Morgan fingerprint density at radius 3 is 2.56 bits per heavy atom. The SMILES string of the molecule is Cc1nnc(Nc2cccc(C3CCN(S(=O)(=O)N(C)C)CC3)n2)s1. The average Bonchev–Trinajstić information content (AvgIpc) is 3.00. The van der Waals surface area contributed by atoms with Crippen molar-refractivity contribution in [2.45, 2.75) is 25.7 Å². The minimum atomic E-state index is -3.33. The molecule has 1 aliphatic rings. The summed E-state index contributed by atoms with van der Waals surface area (Å²) >= 11 is 1.48. The van der Waals surface area contributed by atoms with Gasteiger partial charge in [-0.25, -0.2) is 4.98 Å². The maximum atomic E-state index is 12.2. The monoisotopic (exact) mass is 382 g/mol. The molecule has 0 aliphatic carbocycles. The Morgan fingerprint density at radius 1 is 1.24 bits per heavy atom. The highest BCUT2D eigenvalue weighted by molar-refractivity contribution is 7.86. The van der Waals surface area contributed by atoms with E-state index in [0.29, 0.717) is 18.2 Å². The molecule has 1 fully saturated rings. The number of nitrogens with one attached hydrogen (secondary N) is 1. The van der Waals surface area contributed by atoms with E-state index in [1.165, 1.54) is 19.9 Å². The van der Waals surface area contributed by atoms with Crippen LogP contribution in [0.2, 0.25) is 0 Å². The highest BCUT2D eigenvalue weighted by atomic mass is 32.2. The molecule has 0 aromatic carbocycles. The van der Waals surface area contributed by atoms with E-state index in [4.69, 9.17) is 0 Å². The third-order valence-electron chi connectivity index (χ3n) is 4.19. The summed E-state index contributed by atoms with van der Waals surface area (Å²) in [6.45, 7) is 2.93. The van der Waals surface area contributed by atoms with Crippen molar-refractivity contribution >= 4 is 32.5 Å². The molecule has 1 N–H and O–H groups in total. The Bertz CT molecular complexity index is 828. The Labute approximate surface area is 152 Å². The molecule has 2 aromatic rings. The van der Waals surface area contributed by atoms with E-state index in [9.17, 15) is 8.42 Å². The van der Waals surface area contributed by atoms with E-state index >= 15 is 0 Å². The molecule has 0 atom stereocenters. The Morgan fingerprint density at radius 2 is 1.96 bits per heavy atom. The van der Waals surface area contributed by atoms with Crippen molar-refractivity contribution in [1.82, 2.24) is 23.8 Å². The average molecular weight is 383 g/mol. The van der Waals surface area contributed by atoms with Crippen molar-refractivity contribution in [2.24, 2.45) is 0 Å². The van der Waals surface area contributed by atoms with Gasteiger partial charge in [-0.2, -0.15) is 17.0 Å². The molecule has 1 saturated heterocycles. The van der Waals surface area contributed by atoms with E-state index in [0.717, 1.165) is 29.4 Å². The van der Waals surface area contributed by atoms with Gasteiger partial charge < -0.3 is 5.32 Å². The standard InChI is InChI=1S/C15H22N6O2S2/c1-11-18-19-15(24-11)17-14-6-4-5-13(16-14)12-7-9-21(10-8-12)25(22,23)20(2)3/h4-6,12H,7-10H2,1-3H3,(H,16,17,19). The summed E-state index contributed by atoms with van der Waals surface area (Å²) in [6, 6.07) is 5.85. The van der Waals surface area contributed by atoms with Gasteiger partial charge in [0.05, 0.1) is 0 Å². The van der Waals surface area contributed by atoms with Crippen LogP contribution in [-0.2, 0) is 10.2 Å². The Hall–Kier alpha value is -1.62. The number of anilines is 2. The summed E-state index contributed by atoms with van der Waals surface area (Å²) in [7, 11) is -0.206. The van der Waals surface area contributed by atoms with Crippen LogP contribution in [0.25, 0.3) is 0 Å². The summed E-state index contributed by atoms with van der Waals surface area (Å²) in [5.74, 6) is 0.989. The van der Waals surface area contributed by atoms with Gasteiger partial charge in [-0.3, -0.25) is 0 Å². The predicted molar refractivity (Wildman–Crippen MR) is 98.3 cm³/mol. The van der Waals surface area contributed by atoms with Crippen molar-refractivity contribution in [3.05, 3.63) is 28.9 Å². The highest BCUT2D eigenvalue weighted by Crippen LogP contribution is 2.29. The molecule has 25 heavy (non-hydrogen) atoms. The predicted octanol–water partition coefficient (Wildman–Crippen LogP) is 1.97. The molecule has 0 spiro atoms. The number of piperidine rings is 1. The lowest BCUT2D eigenvalue weighted by molar-refractivity contribution is 0.300. The third-order valence-corrected chi connectivity index (χ3v) is 6.89. The molecule has 0 bridgehead atoms. The van der Waals surface area contributed by atoms with E-state index < -0.39 is 10.2 Å². The fraction of sp³-hybridized carbons (Fsp3) is 0.533. The highest BCUT2D eigenvalue weighted by Gasteiger charge is 2.30. The summed E-state index contributed by atoms with van der Waals surface area (Å²) in [4.78, 5) is 4.67. The van der Waals surface area contributed by atoms with Crippen LogP contribution in [0, 0.1) is 6.92 Å². The van der Waals surface area contributed by atoms with Crippen LogP contribution in [-0.4, -0.2) is 59.4 Å². The quantitative estimate of drug-likeness (QED) is 0.850. The van der Waals surface area contributed by atoms with Crippen LogP contribution in [0.5, 0.6) is 0 Å². The molecule has 136 valence electrons. The molecule has 2 aromatic heterocycles. The van der Waals surface area contributed by atoms with Gasteiger partial charge in [0.25, 0.3) is 10.2 Å². The van der Waals surface area contributed by atoms with Crippen LogP contribution in [0.3, 0.4) is 0 Å². The van der Waals surface area contributed by atoms with E-state index in [-0.39, 0.29) is 5.92 Å². The topological polar surface area (TPSA) is 91.3 Å². The normalized spacial score (nSPS) is 17.1. The van der Waals surface area contributed by atoms with Crippen LogP contribution in [0.1, 0.15) is 29.5 Å². The van der Waals surface area contributed by atoms with Gasteiger partial charge in [-0.15, -0.1) is 10.2 Å². The second kappa shape index (κ2) is 7.32. The molecule has 0 radical (unpaired) electrons. The summed E-state index contributed by atoms with van der Waals surface area (Å²) in [5, 5.41) is 12.8. The van der Waals surface area contributed by atoms with Crippen LogP contribution < -0.4 is 5.32 Å². The summed E-state index contributed by atoms with van der Waals surface area (Å²) in [6.07, 6.45) is 1.53. The lowest BCUT2D eigenvalue weighted by Gasteiger charge is -2.32. The molecule has 8 nitrogen and oxygen atoms in total. The second-order valence-electron chi connectivity index (χ2n) is 6.16. The third kappa shape index (κ3) is 4.14. The van der Waals surface area contributed by atoms with Gasteiger partial charge >= 0.3 is 0 Å². The summed E-state index contributed by atoms with van der Waals surface area (Å²) < 4.78 is 27.2. The molecule has 0 unspecified atom stereocenters. The largest absolute Gasteiger partial charge is 0.315 e. The van der Waals surface area contributed by atoms with Gasteiger partial charge in [0, 0.05) is 38.8 Å². The summed E-state index contributed by atoms with van der Waals surface area (Å²) in [5.41, 5.74) is 0.980. The Balaban J connectivity index is 1.67. The molecule has 1 aliphatic heterocycles. The lowest BCUT2D eigenvalue weighted by atomic mass is 9.94. The van der Waals surface area contributed by atoms with Crippen molar-refractivity contribution in [1.29, 1.82) is 0 Å². The van der Waals surface area contributed by atoms with Gasteiger partial charge in [0.1, 0.15) is 10.8 Å². The molecule has 0 amide bonds. The van der Waals surface area contributed by atoms with Crippen molar-refractivity contribution in [3.8, 4) is 0 Å². The van der Waals surface area contributed by atoms with Crippen LogP contribution in [0.4, 0.5) is 10.9 Å². The maximum Gasteiger partial charge on any atom is 0.281 e. The second-order valence-corrected chi connectivity index (χ2v) is 9.49. The molecular formula is C15H22N6O2S2. The molecule has 3 heterocycles.